The Hall–Kier alpha value is -1.10. The number of amides is 1. The molecule has 1 amide bonds. The second kappa shape index (κ2) is 5.84. The van der Waals surface area contributed by atoms with Gasteiger partial charge < -0.3 is 15.5 Å². The Morgan fingerprint density at radius 1 is 1.38 bits per heavy atom. The van der Waals surface area contributed by atoms with Gasteiger partial charge in [-0.3, -0.25) is 9.59 Å². The summed E-state index contributed by atoms with van der Waals surface area (Å²) in [6, 6.07) is -0.104. The molecule has 92 valence electrons. The van der Waals surface area contributed by atoms with E-state index in [4.69, 9.17) is 10.2 Å². The molecule has 0 bridgehead atoms. The van der Waals surface area contributed by atoms with Crippen molar-refractivity contribution in [3.8, 4) is 0 Å². The highest BCUT2D eigenvalue weighted by molar-refractivity contribution is 5.85. The van der Waals surface area contributed by atoms with E-state index in [1.807, 2.05) is 0 Å². The molecule has 0 aromatic rings. The zero-order valence-corrected chi connectivity index (χ0v) is 9.48. The molecule has 1 fully saturated rings. The van der Waals surface area contributed by atoms with Crippen molar-refractivity contribution in [2.75, 3.05) is 6.61 Å². The fourth-order valence-corrected chi connectivity index (χ4v) is 2.19. The fourth-order valence-electron chi connectivity index (χ4n) is 2.19. The summed E-state index contributed by atoms with van der Waals surface area (Å²) in [7, 11) is 0. The van der Waals surface area contributed by atoms with Crippen LogP contribution in [0.5, 0.6) is 0 Å². The van der Waals surface area contributed by atoms with Gasteiger partial charge in [0.15, 0.2) is 0 Å². The molecule has 0 aromatic heterocycles. The third-order valence-electron chi connectivity index (χ3n) is 3.12. The third kappa shape index (κ3) is 3.20. The molecular formula is C11H19NO4. The highest BCUT2D eigenvalue weighted by Crippen LogP contribution is 2.32. The standard InChI is InChI=1S/C11H19NO4/c1-7(5-6-13)12-10(14)8-3-2-4-9(8)11(15)16/h7-9,13H,2-6H2,1H3,(H,12,14)(H,15,16)/t7?,8-,9+/m1/s1. The quantitative estimate of drug-likeness (QED) is 0.636. The molecule has 3 N–H and O–H groups in total. The predicted octanol–water partition coefficient (Wildman–Crippen LogP) is 0.374. The lowest BCUT2D eigenvalue weighted by molar-refractivity contribution is -0.146. The monoisotopic (exact) mass is 229 g/mol. The number of rotatable bonds is 5. The van der Waals surface area contributed by atoms with E-state index in [9.17, 15) is 9.59 Å². The lowest BCUT2D eigenvalue weighted by Crippen LogP contribution is -2.40. The minimum atomic E-state index is -0.882. The number of carbonyl (C=O) groups is 2. The minimum Gasteiger partial charge on any atom is -0.481 e. The first-order valence-electron chi connectivity index (χ1n) is 5.70. The molecule has 5 heteroatoms. The summed E-state index contributed by atoms with van der Waals surface area (Å²) >= 11 is 0. The van der Waals surface area contributed by atoms with Gasteiger partial charge in [-0.25, -0.2) is 0 Å². The third-order valence-corrected chi connectivity index (χ3v) is 3.12. The zero-order chi connectivity index (χ0) is 12.1. The van der Waals surface area contributed by atoms with Crippen LogP contribution in [0.15, 0.2) is 0 Å². The van der Waals surface area contributed by atoms with Gasteiger partial charge in [0.1, 0.15) is 0 Å². The number of hydrogen-bond donors (Lipinski definition) is 3. The molecule has 5 nitrogen and oxygen atoms in total. The van der Waals surface area contributed by atoms with E-state index < -0.39 is 17.8 Å². The summed E-state index contributed by atoms with van der Waals surface area (Å²) in [5, 5.41) is 20.4. The van der Waals surface area contributed by atoms with Gasteiger partial charge in [-0.1, -0.05) is 6.42 Å². The Balaban J connectivity index is 2.49. The van der Waals surface area contributed by atoms with Crippen LogP contribution in [0.3, 0.4) is 0 Å². The first-order chi connectivity index (χ1) is 7.56. The highest BCUT2D eigenvalue weighted by Gasteiger charge is 2.37. The van der Waals surface area contributed by atoms with Crippen LogP contribution in [-0.4, -0.2) is 34.7 Å². The second-order valence-corrected chi connectivity index (χ2v) is 4.40. The van der Waals surface area contributed by atoms with Crippen LogP contribution in [0, 0.1) is 11.8 Å². The summed E-state index contributed by atoms with van der Waals surface area (Å²) in [5.74, 6) is -2.02. The van der Waals surface area contributed by atoms with Crippen molar-refractivity contribution in [3.05, 3.63) is 0 Å². The van der Waals surface area contributed by atoms with Crippen LogP contribution in [0.1, 0.15) is 32.6 Å². The molecule has 0 aromatic carbocycles. The molecular weight excluding hydrogens is 210 g/mol. The summed E-state index contributed by atoms with van der Waals surface area (Å²) in [5.41, 5.74) is 0. The van der Waals surface area contributed by atoms with Crippen LogP contribution < -0.4 is 5.32 Å². The summed E-state index contributed by atoms with van der Waals surface area (Å²) < 4.78 is 0. The highest BCUT2D eigenvalue weighted by atomic mass is 16.4. The first kappa shape index (κ1) is 13.0. The number of aliphatic carboxylic acids is 1. The van der Waals surface area contributed by atoms with Crippen molar-refractivity contribution >= 4 is 11.9 Å². The molecule has 16 heavy (non-hydrogen) atoms. The Bertz CT molecular complexity index is 267. The van der Waals surface area contributed by atoms with Crippen molar-refractivity contribution in [2.45, 2.75) is 38.6 Å². The van der Waals surface area contributed by atoms with Crippen molar-refractivity contribution in [1.82, 2.24) is 5.32 Å². The van der Waals surface area contributed by atoms with Gasteiger partial charge in [-0.05, 0) is 26.2 Å². The molecule has 1 saturated carbocycles. The fraction of sp³-hybridized carbons (Fsp3) is 0.818. The van der Waals surface area contributed by atoms with Crippen molar-refractivity contribution in [1.29, 1.82) is 0 Å². The smallest absolute Gasteiger partial charge is 0.307 e. The number of carbonyl (C=O) groups excluding carboxylic acids is 1. The van der Waals surface area contributed by atoms with Crippen LogP contribution in [0.25, 0.3) is 0 Å². The van der Waals surface area contributed by atoms with Crippen molar-refractivity contribution < 1.29 is 19.8 Å². The number of carboxylic acid groups (broad SMARTS) is 1. The van der Waals surface area contributed by atoms with Crippen LogP contribution in [-0.2, 0) is 9.59 Å². The van der Waals surface area contributed by atoms with Crippen molar-refractivity contribution in [3.63, 3.8) is 0 Å². The molecule has 0 aliphatic heterocycles. The topological polar surface area (TPSA) is 86.6 Å². The normalized spacial score (nSPS) is 26.4. The molecule has 0 saturated heterocycles. The Labute approximate surface area is 94.8 Å². The minimum absolute atomic E-state index is 0.0223. The van der Waals surface area contributed by atoms with Gasteiger partial charge in [0, 0.05) is 12.6 Å². The van der Waals surface area contributed by atoms with E-state index in [0.29, 0.717) is 19.3 Å². The van der Waals surface area contributed by atoms with E-state index in [-0.39, 0.29) is 18.6 Å². The first-order valence-corrected chi connectivity index (χ1v) is 5.70. The molecule has 1 unspecified atom stereocenters. The SMILES string of the molecule is CC(CCO)NC(=O)[C@@H]1CCC[C@@H]1C(=O)O. The van der Waals surface area contributed by atoms with Gasteiger partial charge in [0.2, 0.25) is 5.91 Å². The van der Waals surface area contributed by atoms with E-state index in [1.165, 1.54) is 0 Å². The Kier molecular flexibility index (Phi) is 4.73. The van der Waals surface area contributed by atoms with E-state index in [1.54, 1.807) is 6.92 Å². The van der Waals surface area contributed by atoms with E-state index in [2.05, 4.69) is 5.32 Å². The maximum Gasteiger partial charge on any atom is 0.307 e. The largest absolute Gasteiger partial charge is 0.481 e. The molecule has 1 aliphatic rings. The van der Waals surface area contributed by atoms with Crippen LogP contribution in [0.2, 0.25) is 0 Å². The molecule has 0 radical (unpaired) electrons. The van der Waals surface area contributed by atoms with Crippen LogP contribution >= 0.6 is 0 Å². The Morgan fingerprint density at radius 2 is 2.00 bits per heavy atom. The van der Waals surface area contributed by atoms with Crippen LogP contribution in [0.4, 0.5) is 0 Å². The van der Waals surface area contributed by atoms with E-state index >= 15 is 0 Å². The second-order valence-electron chi connectivity index (χ2n) is 4.40. The molecule has 1 rings (SSSR count). The Morgan fingerprint density at radius 3 is 2.56 bits per heavy atom. The average molecular weight is 229 g/mol. The van der Waals surface area contributed by atoms with Crippen molar-refractivity contribution in [2.24, 2.45) is 11.8 Å². The zero-order valence-electron chi connectivity index (χ0n) is 9.48. The summed E-state index contributed by atoms with van der Waals surface area (Å²) in [6.45, 7) is 1.83. The number of nitrogens with one attached hydrogen (secondary N) is 1. The maximum atomic E-state index is 11.8. The lowest BCUT2D eigenvalue weighted by Gasteiger charge is -2.19. The molecule has 3 atom stereocenters. The van der Waals surface area contributed by atoms with Gasteiger partial charge >= 0.3 is 5.97 Å². The molecule has 0 spiro atoms. The van der Waals surface area contributed by atoms with E-state index in [0.717, 1.165) is 6.42 Å². The number of aliphatic hydroxyl groups is 1. The maximum absolute atomic E-state index is 11.8. The lowest BCUT2D eigenvalue weighted by atomic mass is 9.95. The molecule has 0 heterocycles. The molecule has 1 aliphatic carbocycles. The summed E-state index contributed by atoms with van der Waals surface area (Å²) in [4.78, 5) is 22.7. The van der Waals surface area contributed by atoms with Gasteiger partial charge in [0.05, 0.1) is 11.8 Å². The van der Waals surface area contributed by atoms with Gasteiger partial charge in [0.25, 0.3) is 0 Å². The predicted molar refractivity (Wildman–Crippen MR) is 57.8 cm³/mol. The van der Waals surface area contributed by atoms with Gasteiger partial charge in [-0.15, -0.1) is 0 Å². The average Bonchev–Trinajstić information content (AvgIpc) is 2.65. The number of hydrogen-bond acceptors (Lipinski definition) is 3. The number of carboxylic acids is 1. The number of aliphatic hydroxyl groups excluding tert-OH is 1. The summed E-state index contributed by atoms with van der Waals surface area (Å²) in [6.07, 6.45) is 2.52. The van der Waals surface area contributed by atoms with Gasteiger partial charge in [-0.2, -0.15) is 0 Å².